The Kier molecular flexibility index (Phi) is 3.26. The van der Waals surface area contributed by atoms with Gasteiger partial charge in [0.2, 0.25) is 0 Å². The van der Waals surface area contributed by atoms with Gasteiger partial charge in [-0.3, -0.25) is 0 Å². The van der Waals surface area contributed by atoms with Crippen LogP contribution in [0.15, 0.2) is 48.5 Å². The van der Waals surface area contributed by atoms with E-state index in [0.29, 0.717) is 0 Å². The van der Waals surface area contributed by atoms with Crippen LogP contribution in [0.25, 0.3) is 0 Å². The van der Waals surface area contributed by atoms with Crippen molar-refractivity contribution >= 4 is 22.6 Å². The number of ether oxygens (including phenoxy) is 1. The molecular formula is C13H11IO. The molecule has 0 saturated carbocycles. The number of benzene rings is 2. The normalized spacial score (nSPS) is 10.0. The van der Waals surface area contributed by atoms with Gasteiger partial charge in [0.15, 0.2) is 0 Å². The summed E-state index contributed by atoms with van der Waals surface area (Å²) in [5, 5.41) is 0. The van der Waals surface area contributed by atoms with Crippen molar-refractivity contribution in [1.82, 2.24) is 0 Å². The van der Waals surface area contributed by atoms with Crippen LogP contribution in [0.4, 0.5) is 0 Å². The predicted octanol–water partition coefficient (Wildman–Crippen LogP) is 4.39. The molecule has 2 rings (SSSR count). The zero-order chi connectivity index (χ0) is 10.7. The van der Waals surface area contributed by atoms with Crippen LogP contribution in [0.3, 0.4) is 0 Å². The summed E-state index contributed by atoms with van der Waals surface area (Å²) in [5.41, 5.74) is 1.21. The zero-order valence-corrected chi connectivity index (χ0v) is 10.6. The summed E-state index contributed by atoms with van der Waals surface area (Å²) in [6.07, 6.45) is 0. The second kappa shape index (κ2) is 4.66. The molecule has 0 spiro atoms. The number of aryl methyl sites for hydroxylation is 1. The summed E-state index contributed by atoms with van der Waals surface area (Å²) < 4.78 is 6.91. The molecule has 0 aliphatic heterocycles. The molecule has 1 nitrogen and oxygen atoms in total. The van der Waals surface area contributed by atoms with Crippen LogP contribution < -0.4 is 4.74 Å². The monoisotopic (exact) mass is 310 g/mol. The molecule has 0 bridgehead atoms. The van der Waals surface area contributed by atoms with Crippen LogP contribution in [0.1, 0.15) is 5.56 Å². The first-order valence-corrected chi connectivity index (χ1v) is 5.82. The Hall–Kier alpha value is -1.03. The van der Waals surface area contributed by atoms with Crippen molar-refractivity contribution in [2.24, 2.45) is 0 Å². The third kappa shape index (κ3) is 2.96. The van der Waals surface area contributed by atoms with Gasteiger partial charge in [-0.1, -0.05) is 18.2 Å². The minimum absolute atomic E-state index is 0.882. The summed E-state index contributed by atoms with van der Waals surface area (Å²) in [6.45, 7) is 2.06. The van der Waals surface area contributed by atoms with Crippen molar-refractivity contribution in [3.05, 3.63) is 57.7 Å². The van der Waals surface area contributed by atoms with E-state index in [2.05, 4.69) is 35.6 Å². The lowest BCUT2D eigenvalue weighted by atomic mass is 10.2. The van der Waals surface area contributed by atoms with Crippen molar-refractivity contribution in [3.63, 3.8) is 0 Å². The Bertz CT molecular complexity index is 422. The van der Waals surface area contributed by atoms with Crippen LogP contribution in [-0.2, 0) is 0 Å². The molecule has 2 aromatic carbocycles. The van der Waals surface area contributed by atoms with E-state index in [9.17, 15) is 0 Å². The van der Waals surface area contributed by atoms with Gasteiger partial charge in [0, 0.05) is 3.57 Å². The Labute approximate surface area is 103 Å². The number of rotatable bonds is 2. The Morgan fingerprint density at radius 1 is 0.933 bits per heavy atom. The molecule has 0 aliphatic carbocycles. The second-order valence-corrected chi connectivity index (χ2v) is 4.62. The fourth-order valence-corrected chi connectivity index (χ4v) is 1.86. The molecule has 0 N–H and O–H groups in total. The summed E-state index contributed by atoms with van der Waals surface area (Å²) in [5.74, 6) is 1.77. The SMILES string of the molecule is Cc1cccc(Oc2cccc(I)c2)c1. The average molecular weight is 310 g/mol. The van der Waals surface area contributed by atoms with E-state index in [1.165, 1.54) is 9.13 Å². The maximum atomic E-state index is 5.74. The second-order valence-electron chi connectivity index (χ2n) is 3.38. The van der Waals surface area contributed by atoms with Gasteiger partial charge in [0.1, 0.15) is 11.5 Å². The van der Waals surface area contributed by atoms with Gasteiger partial charge >= 0.3 is 0 Å². The van der Waals surface area contributed by atoms with Crippen molar-refractivity contribution in [1.29, 1.82) is 0 Å². The van der Waals surface area contributed by atoms with E-state index in [0.717, 1.165) is 11.5 Å². The number of hydrogen-bond donors (Lipinski definition) is 0. The first-order valence-electron chi connectivity index (χ1n) is 4.74. The highest BCUT2D eigenvalue weighted by Gasteiger charge is 1.97. The molecule has 0 radical (unpaired) electrons. The lowest BCUT2D eigenvalue weighted by Gasteiger charge is -2.06. The molecule has 2 aromatic rings. The minimum Gasteiger partial charge on any atom is -0.457 e. The first kappa shape index (κ1) is 10.5. The van der Waals surface area contributed by atoms with E-state index in [4.69, 9.17) is 4.74 Å². The summed E-state index contributed by atoms with van der Waals surface area (Å²) in [6, 6.07) is 16.1. The predicted molar refractivity (Wildman–Crippen MR) is 70.4 cm³/mol. The molecule has 0 aliphatic rings. The molecule has 0 fully saturated rings. The largest absolute Gasteiger partial charge is 0.457 e. The smallest absolute Gasteiger partial charge is 0.128 e. The van der Waals surface area contributed by atoms with Gasteiger partial charge in [-0.2, -0.15) is 0 Å². The third-order valence-corrected chi connectivity index (χ3v) is 2.69. The third-order valence-electron chi connectivity index (χ3n) is 2.02. The van der Waals surface area contributed by atoms with Gasteiger partial charge in [0.25, 0.3) is 0 Å². The summed E-state index contributed by atoms with van der Waals surface area (Å²) >= 11 is 2.27. The molecule has 0 unspecified atom stereocenters. The standard InChI is InChI=1S/C13H11IO/c1-10-4-2-6-12(8-10)15-13-7-3-5-11(14)9-13/h2-9H,1H3. The zero-order valence-electron chi connectivity index (χ0n) is 8.41. The molecule has 0 saturated heterocycles. The highest BCUT2D eigenvalue weighted by Crippen LogP contribution is 2.23. The molecule has 0 aromatic heterocycles. The molecule has 15 heavy (non-hydrogen) atoms. The highest BCUT2D eigenvalue weighted by atomic mass is 127. The molecule has 0 heterocycles. The molecule has 2 heteroatoms. The molecule has 76 valence electrons. The van der Waals surface area contributed by atoms with Gasteiger partial charge in [0.05, 0.1) is 0 Å². The molecule has 0 atom stereocenters. The van der Waals surface area contributed by atoms with Crippen molar-refractivity contribution in [3.8, 4) is 11.5 Å². The van der Waals surface area contributed by atoms with Crippen LogP contribution in [0.5, 0.6) is 11.5 Å². The van der Waals surface area contributed by atoms with Gasteiger partial charge < -0.3 is 4.74 Å². The van der Waals surface area contributed by atoms with Crippen molar-refractivity contribution in [2.45, 2.75) is 6.92 Å². The lowest BCUT2D eigenvalue weighted by molar-refractivity contribution is 0.482. The molecule has 0 amide bonds. The van der Waals surface area contributed by atoms with Crippen LogP contribution in [0, 0.1) is 10.5 Å². The lowest BCUT2D eigenvalue weighted by Crippen LogP contribution is -1.84. The van der Waals surface area contributed by atoms with Crippen molar-refractivity contribution in [2.75, 3.05) is 0 Å². The summed E-state index contributed by atoms with van der Waals surface area (Å²) in [7, 11) is 0. The number of halogens is 1. The fourth-order valence-electron chi connectivity index (χ4n) is 1.35. The van der Waals surface area contributed by atoms with E-state index >= 15 is 0 Å². The Morgan fingerprint density at radius 3 is 2.27 bits per heavy atom. The minimum atomic E-state index is 0.882. The van der Waals surface area contributed by atoms with E-state index in [1.54, 1.807) is 0 Å². The Balaban J connectivity index is 2.22. The van der Waals surface area contributed by atoms with E-state index < -0.39 is 0 Å². The quantitative estimate of drug-likeness (QED) is 0.748. The fraction of sp³-hybridized carbons (Fsp3) is 0.0769. The van der Waals surface area contributed by atoms with Gasteiger partial charge in [-0.15, -0.1) is 0 Å². The molecular weight excluding hydrogens is 299 g/mol. The number of hydrogen-bond acceptors (Lipinski definition) is 1. The maximum absolute atomic E-state index is 5.74. The van der Waals surface area contributed by atoms with Crippen LogP contribution in [-0.4, -0.2) is 0 Å². The average Bonchev–Trinajstić information content (AvgIpc) is 2.17. The van der Waals surface area contributed by atoms with E-state index in [1.807, 2.05) is 42.5 Å². The van der Waals surface area contributed by atoms with Crippen LogP contribution >= 0.6 is 22.6 Å². The van der Waals surface area contributed by atoms with Gasteiger partial charge in [-0.25, -0.2) is 0 Å². The topological polar surface area (TPSA) is 9.23 Å². The maximum Gasteiger partial charge on any atom is 0.128 e. The Morgan fingerprint density at radius 2 is 1.60 bits per heavy atom. The van der Waals surface area contributed by atoms with Crippen molar-refractivity contribution < 1.29 is 4.74 Å². The summed E-state index contributed by atoms with van der Waals surface area (Å²) in [4.78, 5) is 0. The first-order chi connectivity index (χ1) is 7.24. The van der Waals surface area contributed by atoms with Crippen LogP contribution in [0.2, 0.25) is 0 Å². The van der Waals surface area contributed by atoms with E-state index in [-0.39, 0.29) is 0 Å². The highest BCUT2D eigenvalue weighted by molar-refractivity contribution is 14.1. The van der Waals surface area contributed by atoms with Gasteiger partial charge in [-0.05, 0) is 65.4 Å².